The van der Waals surface area contributed by atoms with Gasteiger partial charge in [0, 0.05) is 44.2 Å². The minimum Gasteiger partial charge on any atom is -0.393 e. The lowest BCUT2D eigenvalue weighted by Crippen LogP contribution is -2.53. The molecular formula is C23H30FN5O4S. The van der Waals surface area contributed by atoms with Crippen LogP contribution in [0.4, 0.5) is 16.0 Å². The third kappa shape index (κ3) is 5.47. The van der Waals surface area contributed by atoms with E-state index in [1.165, 1.54) is 12.1 Å². The normalized spacial score (nSPS) is 23.6. The van der Waals surface area contributed by atoms with Gasteiger partial charge in [0.1, 0.15) is 11.5 Å². The average molecular weight is 492 g/mol. The van der Waals surface area contributed by atoms with Crippen LogP contribution in [0.2, 0.25) is 0 Å². The number of hydrogen-bond donors (Lipinski definition) is 2. The molecule has 1 unspecified atom stereocenters. The maximum atomic E-state index is 14.7. The summed E-state index contributed by atoms with van der Waals surface area (Å²) in [5.41, 5.74) is 0.638. The number of carbonyl (C=O) groups is 1. The number of aromatic nitrogens is 2. The van der Waals surface area contributed by atoms with Crippen LogP contribution in [0, 0.1) is 5.82 Å². The van der Waals surface area contributed by atoms with Crippen LogP contribution < -0.4 is 15.1 Å². The van der Waals surface area contributed by atoms with E-state index in [9.17, 15) is 22.7 Å². The summed E-state index contributed by atoms with van der Waals surface area (Å²) in [5, 5.41) is 12.6. The fraction of sp³-hybridized carbons (Fsp3) is 0.522. The molecule has 2 fully saturated rings. The van der Waals surface area contributed by atoms with E-state index in [0.717, 1.165) is 25.2 Å². The number of rotatable bonds is 5. The first-order chi connectivity index (χ1) is 16.1. The topological polar surface area (TPSA) is 116 Å². The number of aliphatic hydroxyl groups is 1. The number of hydrogen-bond acceptors (Lipinski definition) is 8. The van der Waals surface area contributed by atoms with Gasteiger partial charge in [-0.2, -0.15) is 0 Å². The number of anilines is 2. The van der Waals surface area contributed by atoms with Crippen molar-refractivity contribution >= 4 is 27.4 Å². The predicted molar refractivity (Wildman–Crippen MR) is 126 cm³/mol. The maximum Gasteiger partial charge on any atom is 0.270 e. The number of nitrogens with zero attached hydrogens (tertiary/aromatic N) is 4. The molecule has 2 N–H and O–H groups in total. The first-order valence-corrected chi connectivity index (χ1v) is 13.3. The molecule has 1 aromatic heterocycles. The van der Waals surface area contributed by atoms with E-state index in [4.69, 9.17) is 0 Å². The van der Waals surface area contributed by atoms with Gasteiger partial charge in [-0.1, -0.05) is 0 Å². The zero-order valence-corrected chi connectivity index (χ0v) is 20.1. The van der Waals surface area contributed by atoms with E-state index < -0.39 is 15.7 Å². The number of aliphatic hydroxyl groups excluding tert-OH is 1. The van der Waals surface area contributed by atoms with E-state index in [-0.39, 0.29) is 34.7 Å². The Bertz CT molecular complexity index is 1150. The predicted octanol–water partition coefficient (Wildman–Crippen LogP) is 1.77. The molecule has 4 rings (SSSR count). The van der Waals surface area contributed by atoms with Gasteiger partial charge in [0.05, 0.1) is 16.7 Å². The van der Waals surface area contributed by atoms with Crippen LogP contribution in [0.15, 0.2) is 35.4 Å². The third-order valence-corrected chi connectivity index (χ3v) is 7.59. The van der Waals surface area contributed by atoms with Gasteiger partial charge in [0.15, 0.2) is 9.84 Å². The lowest BCUT2D eigenvalue weighted by molar-refractivity contribution is 0.0863. The van der Waals surface area contributed by atoms with Crippen LogP contribution in [-0.4, -0.2) is 73.5 Å². The number of amides is 1. The van der Waals surface area contributed by atoms with Crippen molar-refractivity contribution in [3.8, 4) is 0 Å². The highest BCUT2D eigenvalue weighted by Crippen LogP contribution is 2.26. The Morgan fingerprint density at radius 1 is 1.18 bits per heavy atom. The van der Waals surface area contributed by atoms with Gasteiger partial charge < -0.3 is 20.2 Å². The number of nitrogens with one attached hydrogen (secondary N) is 1. The minimum absolute atomic E-state index is 0.0285. The monoisotopic (exact) mass is 491 g/mol. The standard InChI is InChI=1S/C23H30FN5O4S/c1-15-14-28(21-8-7-18(13-19(21)24)34(2,32)33)11-12-29(15)23-25-10-9-20(27-23)22(31)26-16-3-5-17(30)6-4-16/h7-10,13,15-17,30H,3-6,11-12,14H2,1-2H3,(H,26,31). The number of sulfone groups is 1. The van der Waals surface area contributed by atoms with Crippen LogP contribution in [0.5, 0.6) is 0 Å². The summed E-state index contributed by atoms with van der Waals surface area (Å²) < 4.78 is 38.0. The first-order valence-electron chi connectivity index (χ1n) is 11.4. The summed E-state index contributed by atoms with van der Waals surface area (Å²) in [5.74, 6) is -0.398. The molecule has 2 aromatic rings. The molecule has 2 aliphatic rings. The molecule has 0 radical (unpaired) electrons. The lowest BCUT2D eigenvalue weighted by Gasteiger charge is -2.41. The lowest BCUT2D eigenvalue weighted by atomic mass is 9.93. The second-order valence-corrected chi connectivity index (χ2v) is 11.1. The van der Waals surface area contributed by atoms with Crippen molar-refractivity contribution < 1.29 is 22.7 Å². The zero-order valence-electron chi connectivity index (χ0n) is 19.3. The Labute approximate surface area is 198 Å². The number of halogens is 1. The highest BCUT2D eigenvalue weighted by Gasteiger charge is 2.28. The quantitative estimate of drug-likeness (QED) is 0.650. The highest BCUT2D eigenvalue weighted by atomic mass is 32.2. The molecule has 1 saturated heterocycles. The largest absolute Gasteiger partial charge is 0.393 e. The van der Waals surface area contributed by atoms with Gasteiger partial charge in [-0.15, -0.1) is 0 Å². The number of piperazine rings is 1. The molecule has 9 nitrogen and oxygen atoms in total. The minimum atomic E-state index is -3.48. The summed E-state index contributed by atoms with van der Waals surface area (Å²) in [6.45, 7) is 3.46. The van der Waals surface area contributed by atoms with Gasteiger partial charge >= 0.3 is 0 Å². The summed E-state index contributed by atoms with van der Waals surface area (Å²) in [7, 11) is -3.48. The Kier molecular flexibility index (Phi) is 7.04. The molecule has 34 heavy (non-hydrogen) atoms. The van der Waals surface area contributed by atoms with Crippen LogP contribution in [-0.2, 0) is 9.84 Å². The van der Waals surface area contributed by atoms with E-state index in [0.29, 0.717) is 44.1 Å². The third-order valence-electron chi connectivity index (χ3n) is 6.48. The average Bonchev–Trinajstić information content (AvgIpc) is 2.80. The molecule has 1 amide bonds. The first kappa shape index (κ1) is 24.3. The van der Waals surface area contributed by atoms with Gasteiger partial charge in [-0.05, 0) is 56.9 Å². The Morgan fingerprint density at radius 3 is 2.56 bits per heavy atom. The number of benzene rings is 1. The van der Waals surface area contributed by atoms with Crippen molar-refractivity contribution in [1.82, 2.24) is 15.3 Å². The summed E-state index contributed by atoms with van der Waals surface area (Å²) in [4.78, 5) is 25.3. The summed E-state index contributed by atoms with van der Waals surface area (Å²) in [6.07, 6.45) is 5.17. The second kappa shape index (κ2) is 9.83. The van der Waals surface area contributed by atoms with Gasteiger partial charge in [0.25, 0.3) is 5.91 Å². The molecule has 0 bridgehead atoms. The summed E-state index contributed by atoms with van der Waals surface area (Å²) in [6, 6.07) is 5.51. The molecule has 0 spiro atoms. The molecular weight excluding hydrogens is 461 g/mol. The molecule has 1 aromatic carbocycles. The molecule has 1 saturated carbocycles. The molecule has 11 heteroatoms. The van der Waals surface area contributed by atoms with E-state index >= 15 is 0 Å². The molecule has 2 heterocycles. The van der Waals surface area contributed by atoms with Gasteiger partial charge in [-0.3, -0.25) is 4.79 Å². The summed E-state index contributed by atoms with van der Waals surface area (Å²) >= 11 is 0. The Morgan fingerprint density at radius 2 is 1.91 bits per heavy atom. The van der Waals surface area contributed by atoms with Crippen LogP contribution in [0.1, 0.15) is 43.1 Å². The maximum absolute atomic E-state index is 14.7. The molecule has 184 valence electrons. The zero-order chi connectivity index (χ0) is 24.5. The Balaban J connectivity index is 1.42. The van der Waals surface area contributed by atoms with Crippen molar-refractivity contribution in [2.24, 2.45) is 0 Å². The smallest absolute Gasteiger partial charge is 0.270 e. The van der Waals surface area contributed by atoms with Gasteiger partial charge in [0.2, 0.25) is 5.95 Å². The number of carbonyl (C=O) groups excluding carboxylic acids is 1. The molecule has 1 aliphatic heterocycles. The second-order valence-electron chi connectivity index (χ2n) is 9.09. The van der Waals surface area contributed by atoms with Crippen LogP contribution in [0.25, 0.3) is 0 Å². The highest BCUT2D eigenvalue weighted by molar-refractivity contribution is 7.90. The van der Waals surface area contributed by atoms with Crippen LogP contribution >= 0.6 is 0 Å². The van der Waals surface area contributed by atoms with Crippen molar-refractivity contribution in [2.75, 3.05) is 35.7 Å². The van der Waals surface area contributed by atoms with Gasteiger partial charge in [-0.25, -0.2) is 22.8 Å². The van der Waals surface area contributed by atoms with E-state index in [1.54, 1.807) is 12.3 Å². The van der Waals surface area contributed by atoms with E-state index in [2.05, 4.69) is 15.3 Å². The van der Waals surface area contributed by atoms with Crippen LogP contribution in [0.3, 0.4) is 0 Å². The SMILES string of the molecule is CC1CN(c2ccc(S(C)(=O)=O)cc2F)CCN1c1nccc(C(=O)NC2CCC(O)CC2)n1. The van der Waals surface area contributed by atoms with E-state index in [1.807, 2.05) is 16.7 Å². The Hall–Kier alpha value is -2.79. The van der Waals surface area contributed by atoms with Crippen molar-refractivity contribution in [2.45, 2.75) is 55.7 Å². The molecule has 1 aliphatic carbocycles. The fourth-order valence-corrected chi connectivity index (χ4v) is 5.17. The van der Waals surface area contributed by atoms with Crippen molar-refractivity contribution in [3.05, 3.63) is 42.0 Å². The van der Waals surface area contributed by atoms with Crippen molar-refractivity contribution in [3.63, 3.8) is 0 Å². The molecule has 1 atom stereocenters. The van der Waals surface area contributed by atoms with Crippen molar-refractivity contribution in [1.29, 1.82) is 0 Å². The fourth-order valence-electron chi connectivity index (χ4n) is 4.54.